The van der Waals surface area contributed by atoms with Gasteiger partial charge in [-0.05, 0) is 0 Å². The van der Waals surface area contributed by atoms with E-state index in [2.05, 4.69) is 82.8 Å². The summed E-state index contributed by atoms with van der Waals surface area (Å²) in [5.41, 5.74) is 0. The molecule has 0 saturated heterocycles. The molecule has 7 heteroatoms. The van der Waals surface area contributed by atoms with Gasteiger partial charge >= 0.3 is 19.5 Å². The van der Waals surface area contributed by atoms with Crippen molar-refractivity contribution < 1.29 is 29.1 Å². The Morgan fingerprint density at radius 2 is 0.686 bits per heavy atom. The van der Waals surface area contributed by atoms with Crippen LogP contribution in [-0.4, -0.2) is 50.1 Å². The van der Waals surface area contributed by atoms with Crippen molar-refractivity contribution in [3.8, 4) is 0 Å². The van der Waals surface area contributed by atoms with Crippen molar-refractivity contribution in [2.45, 2.75) is 170 Å². The van der Waals surface area contributed by atoms with Crippen molar-refractivity contribution in [2.75, 3.05) is 0 Å². The summed E-state index contributed by atoms with van der Waals surface area (Å²) in [7, 11) is 0. The van der Waals surface area contributed by atoms with Crippen molar-refractivity contribution >= 4 is 13.6 Å². The van der Waals surface area contributed by atoms with Gasteiger partial charge in [0.15, 0.2) is 0 Å². The average molecular weight is 584 g/mol. The van der Waals surface area contributed by atoms with Gasteiger partial charge in [-0.3, -0.25) is 13.6 Å². The fraction of sp³-hybridized carbons (Fsp3) is 0.929. The van der Waals surface area contributed by atoms with Crippen LogP contribution in [0.4, 0.5) is 0 Å². The fourth-order valence-corrected chi connectivity index (χ4v) is 2.75. The van der Waals surface area contributed by atoms with Crippen LogP contribution in [0.15, 0.2) is 0 Å². The summed E-state index contributed by atoms with van der Waals surface area (Å²) in [6.45, 7) is 28.4. The first-order valence-corrected chi connectivity index (χ1v) is 13.5. The van der Waals surface area contributed by atoms with Crippen molar-refractivity contribution in [3.05, 3.63) is 21.3 Å². The number of carbonyl (C=O) groups excluding carboxylic acids is 2. The summed E-state index contributed by atoms with van der Waals surface area (Å²) in [4.78, 5) is 15.5. The van der Waals surface area contributed by atoms with Crippen molar-refractivity contribution in [2.24, 2.45) is 0 Å². The van der Waals surface area contributed by atoms with Crippen LogP contribution in [0.2, 0.25) is 0 Å². The van der Waals surface area contributed by atoms with Crippen LogP contribution in [0.5, 0.6) is 0 Å². The van der Waals surface area contributed by atoms with Crippen molar-refractivity contribution in [3.63, 3.8) is 0 Å². The van der Waals surface area contributed by atoms with E-state index in [9.17, 15) is 0 Å². The summed E-state index contributed by atoms with van der Waals surface area (Å²) in [5, 5.41) is 19.0. The Bertz CT molecular complexity index is 323. The molecule has 4 unspecified atom stereocenters. The second kappa shape index (κ2) is 36.0. The van der Waals surface area contributed by atoms with Gasteiger partial charge in [0.25, 0.3) is 0 Å². The van der Waals surface area contributed by atoms with Gasteiger partial charge in [-0.1, -0.05) is 133 Å². The minimum absolute atomic E-state index is 0. The molecule has 6 nitrogen and oxygen atoms in total. The molecule has 0 aromatic rings. The van der Waals surface area contributed by atoms with E-state index < -0.39 is 0 Å². The minimum Gasteiger partial charge on any atom is -0.675 e. The number of nitrogens with zero attached hydrogens (tertiary/aromatic N) is 4. The molecular weight excluding hydrogens is 525 g/mol. The molecule has 0 amide bonds. The van der Waals surface area contributed by atoms with Crippen LogP contribution >= 0.6 is 0 Å². The van der Waals surface area contributed by atoms with Gasteiger partial charge in [0, 0.05) is 0 Å². The molecule has 0 aliphatic carbocycles. The zero-order chi connectivity index (χ0) is 27.4. The Morgan fingerprint density at radius 1 is 0.486 bits per heavy atom. The van der Waals surface area contributed by atoms with E-state index in [0.717, 1.165) is 38.5 Å². The summed E-state index contributed by atoms with van der Waals surface area (Å²) in [6, 6.07) is 1.83. The van der Waals surface area contributed by atoms with Crippen molar-refractivity contribution in [1.29, 1.82) is 0 Å². The molecule has 0 heterocycles. The van der Waals surface area contributed by atoms with E-state index >= 15 is 0 Å². The molecule has 0 aliphatic rings. The van der Waals surface area contributed by atoms with Crippen LogP contribution in [0.25, 0.3) is 21.3 Å². The maximum absolute atomic E-state index is 7.75. The molecule has 0 radical (unpaired) electrons. The normalized spacial score (nSPS) is 15.1. The van der Waals surface area contributed by atoms with Gasteiger partial charge in [0.05, 0.1) is 0 Å². The molecule has 0 spiro atoms. The van der Waals surface area contributed by atoms with Gasteiger partial charge in [-0.2, -0.15) is 0 Å². The van der Waals surface area contributed by atoms with E-state index in [1.807, 2.05) is 0 Å². The van der Waals surface area contributed by atoms with Crippen LogP contribution in [0, 0.1) is 0 Å². The smallest absolute Gasteiger partial charge is 0.675 e. The molecule has 0 N–H and O–H groups in total. The maximum Gasteiger partial charge on any atom is 6.00 e. The molecule has 0 rings (SSSR count). The monoisotopic (exact) mass is 584 g/mol. The van der Waals surface area contributed by atoms with Crippen LogP contribution in [0.3, 0.4) is 0 Å². The predicted octanol–water partition coefficient (Wildman–Crippen LogP) is 9.14. The first-order chi connectivity index (χ1) is 16.3. The van der Waals surface area contributed by atoms with E-state index in [0.29, 0.717) is 24.2 Å². The molecule has 210 valence electrons. The van der Waals surface area contributed by atoms with Crippen LogP contribution in [-0.2, 0) is 29.1 Å². The Labute approximate surface area is 233 Å². The van der Waals surface area contributed by atoms with Gasteiger partial charge in [0.1, 0.15) is 0 Å². The number of rotatable bonds is 18. The van der Waals surface area contributed by atoms with Gasteiger partial charge in [-0.25, -0.2) is 12.3 Å². The Kier molecular flexibility index (Phi) is 46.0. The number of unbranched alkanes of at least 4 members (excludes halogenated alkanes) is 2. The third-order valence-electron chi connectivity index (χ3n) is 5.70. The Hall–Kier alpha value is -0.197. The van der Waals surface area contributed by atoms with Gasteiger partial charge in [-0.15, -0.1) is 24.2 Å². The summed E-state index contributed by atoms with van der Waals surface area (Å²) < 4.78 is 0. The molecule has 0 saturated carbocycles. The molecule has 0 aliphatic heterocycles. The van der Waals surface area contributed by atoms with Crippen LogP contribution in [0.1, 0.15) is 133 Å². The minimum atomic E-state index is 0. The van der Waals surface area contributed by atoms with E-state index in [1.165, 1.54) is 25.7 Å². The first-order valence-electron chi connectivity index (χ1n) is 13.5. The molecule has 0 aromatic heterocycles. The first kappa shape index (κ1) is 44.8. The zero-order valence-corrected chi connectivity index (χ0v) is 26.4. The summed E-state index contributed by atoms with van der Waals surface area (Å²) in [5.74, 6) is 0. The molecule has 35 heavy (non-hydrogen) atoms. The third kappa shape index (κ3) is 33.8. The second-order valence-corrected chi connectivity index (χ2v) is 8.87. The Morgan fingerprint density at radius 3 is 0.829 bits per heavy atom. The molecule has 0 aromatic carbocycles. The molecular formula is C28H58N4O2Ru. The number of hydrogen-bond donors (Lipinski definition) is 0. The van der Waals surface area contributed by atoms with E-state index in [-0.39, 0.29) is 31.8 Å². The van der Waals surface area contributed by atoms with Crippen molar-refractivity contribution in [1.82, 2.24) is 0 Å². The number of hydrogen-bond acceptors (Lipinski definition) is 2. The molecule has 4 atom stereocenters. The second-order valence-electron chi connectivity index (χ2n) is 8.87. The third-order valence-corrected chi connectivity index (χ3v) is 5.70. The van der Waals surface area contributed by atoms with E-state index in [1.54, 1.807) is 0 Å². The fourth-order valence-electron chi connectivity index (χ4n) is 2.75. The van der Waals surface area contributed by atoms with Gasteiger partial charge < -0.3 is 30.9 Å². The SMILES string of the molecule is CCCCC([N-]C(C)CC)[N-]C(C)CC.CCCCC([N-]C(C)CC)[N-]C(C)CC.[CH-]=O.[CH-]=O.[Ru+6]. The quantitative estimate of drug-likeness (QED) is 0.0914. The molecule has 0 bridgehead atoms. The summed E-state index contributed by atoms with van der Waals surface area (Å²) >= 11 is 0. The van der Waals surface area contributed by atoms with Gasteiger partial charge in [0.2, 0.25) is 0 Å². The van der Waals surface area contributed by atoms with E-state index in [4.69, 9.17) is 30.9 Å². The zero-order valence-electron chi connectivity index (χ0n) is 24.6. The average Bonchev–Trinajstić information content (AvgIpc) is 2.87. The summed E-state index contributed by atoms with van der Waals surface area (Å²) in [6.07, 6.45) is 12.2. The van der Waals surface area contributed by atoms with Crippen LogP contribution < -0.4 is 0 Å². The maximum atomic E-state index is 7.75. The topological polar surface area (TPSA) is 90.5 Å². The predicted molar refractivity (Wildman–Crippen MR) is 153 cm³/mol. The molecule has 0 fully saturated rings. The largest absolute Gasteiger partial charge is 6.00 e. The Balaban J connectivity index is -0.000000146. The standard InChI is InChI=1S/2C13H28N2.2CHO.Ru/c2*1-6-9-10-13(14-11(4)7-2)15-12(5)8-3;2*1-2;/h2*11-13H,6-10H2,1-5H3;2*1H;/q2*-2;2*-1;+6.